The van der Waals surface area contributed by atoms with Gasteiger partial charge in [0.15, 0.2) is 0 Å². The van der Waals surface area contributed by atoms with Crippen LogP contribution in [0.3, 0.4) is 0 Å². The predicted molar refractivity (Wildman–Crippen MR) is 106 cm³/mol. The van der Waals surface area contributed by atoms with Gasteiger partial charge in [0.1, 0.15) is 0 Å². The van der Waals surface area contributed by atoms with Crippen LogP contribution >= 0.6 is 0 Å². The molecule has 7 heteroatoms. The van der Waals surface area contributed by atoms with Crippen LogP contribution in [-0.4, -0.2) is 40.5 Å². The van der Waals surface area contributed by atoms with Gasteiger partial charge in [-0.05, 0) is 87.2 Å². The van der Waals surface area contributed by atoms with Crippen molar-refractivity contribution < 1.29 is 13.2 Å². The number of carbonyl (C=O) groups excluding carboxylic acids is 1. The smallest absolute Gasteiger partial charge is 0.240 e. The molecule has 150 valence electrons. The fraction of sp³-hybridized carbons (Fsp3) is 0.650. The van der Waals surface area contributed by atoms with Gasteiger partial charge >= 0.3 is 0 Å². The van der Waals surface area contributed by atoms with Gasteiger partial charge < -0.3 is 10.6 Å². The third-order valence-corrected chi connectivity index (χ3v) is 7.01. The standard InChI is InChI=1S/C20H31N3O3S/c24-20(22-12-9-16-4-3-11-21-15-16)10-13-23-27(25,26)19-8-7-17-5-1-2-6-18(17)14-19/h7-8,14,16,21,23H,1-6,9-13,15H2,(H,22,24). The largest absolute Gasteiger partial charge is 0.356 e. The average molecular weight is 394 g/mol. The third kappa shape index (κ3) is 6.02. The van der Waals surface area contributed by atoms with Crippen LogP contribution in [0, 0.1) is 5.92 Å². The van der Waals surface area contributed by atoms with Crippen LogP contribution in [0.15, 0.2) is 23.1 Å². The minimum Gasteiger partial charge on any atom is -0.356 e. The molecule has 0 bridgehead atoms. The van der Waals surface area contributed by atoms with Gasteiger partial charge in [-0.3, -0.25) is 4.79 Å². The second-order valence-electron chi connectivity index (χ2n) is 7.64. The highest BCUT2D eigenvalue weighted by molar-refractivity contribution is 7.89. The number of fused-ring (bicyclic) bond motifs is 1. The van der Waals surface area contributed by atoms with E-state index in [0.29, 0.717) is 17.4 Å². The van der Waals surface area contributed by atoms with Crippen molar-refractivity contribution in [2.45, 2.75) is 56.3 Å². The van der Waals surface area contributed by atoms with Crippen molar-refractivity contribution >= 4 is 15.9 Å². The molecule has 3 rings (SSSR count). The lowest BCUT2D eigenvalue weighted by atomic mass is 9.92. The van der Waals surface area contributed by atoms with E-state index < -0.39 is 10.0 Å². The van der Waals surface area contributed by atoms with Gasteiger partial charge in [0.25, 0.3) is 0 Å². The van der Waals surface area contributed by atoms with Crippen LogP contribution in [0.4, 0.5) is 0 Å². The molecular formula is C20H31N3O3S. The number of piperidine rings is 1. The molecule has 1 aliphatic heterocycles. The zero-order valence-electron chi connectivity index (χ0n) is 15.9. The Balaban J connectivity index is 1.40. The number of hydrogen-bond donors (Lipinski definition) is 3. The molecule has 1 amide bonds. The first kappa shape index (κ1) is 20.3. The second kappa shape index (κ2) is 9.66. The summed E-state index contributed by atoms with van der Waals surface area (Å²) in [5.41, 5.74) is 2.40. The first-order chi connectivity index (χ1) is 13.0. The Kier molecular flexibility index (Phi) is 7.26. The van der Waals surface area contributed by atoms with E-state index in [-0.39, 0.29) is 18.9 Å². The number of hydrogen-bond acceptors (Lipinski definition) is 4. The minimum absolute atomic E-state index is 0.105. The molecule has 1 unspecified atom stereocenters. The van der Waals surface area contributed by atoms with Crippen molar-refractivity contribution in [1.82, 2.24) is 15.4 Å². The molecule has 27 heavy (non-hydrogen) atoms. The van der Waals surface area contributed by atoms with Crippen LogP contribution in [0.5, 0.6) is 0 Å². The Morgan fingerprint density at radius 2 is 1.93 bits per heavy atom. The van der Waals surface area contributed by atoms with E-state index in [2.05, 4.69) is 15.4 Å². The summed E-state index contributed by atoms with van der Waals surface area (Å²) in [6.07, 6.45) is 7.79. The fourth-order valence-corrected chi connectivity index (χ4v) is 5.02. The van der Waals surface area contributed by atoms with Crippen molar-refractivity contribution in [2.24, 2.45) is 5.92 Å². The lowest BCUT2D eigenvalue weighted by Gasteiger charge is -2.22. The number of carbonyl (C=O) groups is 1. The summed E-state index contributed by atoms with van der Waals surface area (Å²) in [5, 5.41) is 6.26. The van der Waals surface area contributed by atoms with Crippen molar-refractivity contribution in [3.05, 3.63) is 29.3 Å². The molecule has 0 aromatic heterocycles. The molecular weight excluding hydrogens is 362 g/mol. The van der Waals surface area contributed by atoms with Crippen molar-refractivity contribution in [3.63, 3.8) is 0 Å². The number of nitrogens with one attached hydrogen (secondary N) is 3. The molecule has 1 heterocycles. The number of sulfonamides is 1. The maximum atomic E-state index is 12.5. The quantitative estimate of drug-likeness (QED) is 0.628. The van der Waals surface area contributed by atoms with Crippen LogP contribution in [0.1, 0.15) is 49.7 Å². The van der Waals surface area contributed by atoms with Gasteiger partial charge in [0.05, 0.1) is 4.90 Å². The number of rotatable bonds is 8. The number of amides is 1. The number of benzene rings is 1. The Labute approximate surface area is 162 Å². The van der Waals surface area contributed by atoms with Gasteiger partial charge in [-0.25, -0.2) is 13.1 Å². The second-order valence-corrected chi connectivity index (χ2v) is 9.40. The van der Waals surface area contributed by atoms with Gasteiger partial charge in [-0.2, -0.15) is 0 Å². The highest BCUT2D eigenvalue weighted by Gasteiger charge is 2.18. The van der Waals surface area contributed by atoms with Gasteiger partial charge in [-0.15, -0.1) is 0 Å². The zero-order chi connectivity index (χ0) is 19.1. The van der Waals surface area contributed by atoms with E-state index in [1.165, 1.54) is 24.8 Å². The summed E-state index contributed by atoms with van der Waals surface area (Å²) in [6, 6.07) is 5.38. The summed E-state index contributed by atoms with van der Waals surface area (Å²) < 4.78 is 27.5. The summed E-state index contributed by atoms with van der Waals surface area (Å²) in [7, 11) is -3.57. The Morgan fingerprint density at radius 3 is 2.70 bits per heavy atom. The maximum Gasteiger partial charge on any atom is 0.240 e. The lowest BCUT2D eigenvalue weighted by Crippen LogP contribution is -2.34. The monoisotopic (exact) mass is 393 g/mol. The van der Waals surface area contributed by atoms with E-state index in [1.807, 2.05) is 6.07 Å². The summed E-state index contributed by atoms with van der Waals surface area (Å²) in [6.45, 7) is 2.89. The van der Waals surface area contributed by atoms with Gasteiger partial charge in [0.2, 0.25) is 15.9 Å². The molecule has 1 fully saturated rings. The predicted octanol–water partition coefficient (Wildman–Crippen LogP) is 1.74. The fourth-order valence-electron chi connectivity index (χ4n) is 3.93. The third-order valence-electron chi connectivity index (χ3n) is 5.55. The molecule has 2 aliphatic rings. The molecule has 6 nitrogen and oxygen atoms in total. The molecule has 3 N–H and O–H groups in total. The van der Waals surface area contributed by atoms with Gasteiger partial charge in [0, 0.05) is 19.5 Å². The topological polar surface area (TPSA) is 87.3 Å². The molecule has 0 spiro atoms. The summed E-state index contributed by atoms with van der Waals surface area (Å²) >= 11 is 0. The summed E-state index contributed by atoms with van der Waals surface area (Å²) in [5.74, 6) is 0.522. The van der Waals surface area contributed by atoms with Crippen molar-refractivity contribution in [2.75, 3.05) is 26.2 Å². The molecule has 1 saturated heterocycles. The first-order valence-corrected chi connectivity index (χ1v) is 11.6. The first-order valence-electron chi connectivity index (χ1n) is 10.1. The van der Waals surface area contributed by atoms with Crippen molar-refractivity contribution in [3.8, 4) is 0 Å². The van der Waals surface area contributed by atoms with Gasteiger partial charge in [-0.1, -0.05) is 6.07 Å². The zero-order valence-corrected chi connectivity index (χ0v) is 16.7. The Bertz CT molecular complexity index is 743. The highest BCUT2D eigenvalue weighted by atomic mass is 32.2. The number of aryl methyl sites for hydroxylation is 2. The van der Waals surface area contributed by atoms with E-state index >= 15 is 0 Å². The highest BCUT2D eigenvalue weighted by Crippen LogP contribution is 2.24. The minimum atomic E-state index is -3.57. The molecule has 1 aliphatic carbocycles. The normalized spacial score (nSPS) is 20.1. The molecule has 1 aromatic rings. The molecule has 1 aromatic carbocycles. The SMILES string of the molecule is O=C(CCNS(=O)(=O)c1ccc2c(c1)CCCC2)NCCC1CCCNC1. The van der Waals surface area contributed by atoms with E-state index in [0.717, 1.165) is 44.3 Å². The summed E-state index contributed by atoms with van der Waals surface area (Å²) in [4.78, 5) is 12.2. The van der Waals surface area contributed by atoms with Crippen LogP contribution in [0.2, 0.25) is 0 Å². The van der Waals surface area contributed by atoms with E-state index in [4.69, 9.17) is 0 Å². The Hall–Kier alpha value is -1.44. The lowest BCUT2D eigenvalue weighted by molar-refractivity contribution is -0.120. The molecule has 1 atom stereocenters. The van der Waals surface area contributed by atoms with E-state index in [9.17, 15) is 13.2 Å². The van der Waals surface area contributed by atoms with E-state index in [1.54, 1.807) is 12.1 Å². The van der Waals surface area contributed by atoms with Crippen LogP contribution in [0.25, 0.3) is 0 Å². The van der Waals surface area contributed by atoms with Crippen molar-refractivity contribution in [1.29, 1.82) is 0 Å². The molecule has 0 saturated carbocycles. The average Bonchev–Trinajstić information content (AvgIpc) is 2.68. The van der Waals surface area contributed by atoms with Crippen LogP contribution in [-0.2, 0) is 27.7 Å². The maximum absolute atomic E-state index is 12.5. The van der Waals surface area contributed by atoms with Crippen LogP contribution < -0.4 is 15.4 Å². The Morgan fingerprint density at radius 1 is 1.11 bits per heavy atom. The molecule has 0 radical (unpaired) electrons.